The molecule has 2 rings (SSSR count). The molecule has 6 heteroatoms. The van der Waals surface area contributed by atoms with Crippen molar-refractivity contribution in [2.24, 2.45) is 0 Å². The standard InChI is InChI=1S/C10H11N5O/c1-16-9-3-2-7(5-12-9)4-8-13-6-14-10(11)15-8/h2-3,5-6H,4H2,1H3,(H2,11,13,14,15). The topological polar surface area (TPSA) is 86.8 Å². The lowest BCUT2D eigenvalue weighted by Crippen LogP contribution is -2.02. The van der Waals surface area contributed by atoms with E-state index in [4.69, 9.17) is 10.5 Å². The Balaban J connectivity index is 2.14. The molecule has 16 heavy (non-hydrogen) atoms. The summed E-state index contributed by atoms with van der Waals surface area (Å²) in [6.07, 6.45) is 3.69. The van der Waals surface area contributed by atoms with Crippen LogP contribution >= 0.6 is 0 Å². The molecule has 2 heterocycles. The fourth-order valence-corrected chi connectivity index (χ4v) is 1.25. The molecule has 0 atom stereocenters. The van der Waals surface area contributed by atoms with Gasteiger partial charge >= 0.3 is 0 Å². The van der Waals surface area contributed by atoms with E-state index in [1.807, 2.05) is 6.07 Å². The van der Waals surface area contributed by atoms with Gasteiger partial charge in [0.1, 0.15) is 12.2 Å². The maximum atomic E-state index is 5.46. The molecule has 0 saturated heterocycles. The van der Waals surface area contributed by atoms with Crippen LogP contribution in [0.1, 0.15) is 11.4 Å². The molecule has 0 radical (unpaired) electrons. The molecule has 0 unspecified atom stereocenters. The average molecular weight is 217 g/mol. The van der Waals surface area contributed by atoms with E-state index in [1.54, 1.807) is 19.4 Å². The van der Waals surface area contributed by atoms with Crippen molar-refractivity contribution in [1.82, 2.24) is 19.9 Å². The molecule has 2 aromatic rings. The summed E-state index contributed by atoms with van der Waals surface area (Å²) in [4.78, 5) is 15.8. The summed E-state index contributed by atoms with van der Waals surface area (Å²) in [7, 11) is 1.58. The normalized spacial score (nSPS) is 10.1. The molecule has 0 aromatic carbocycles. The zero-order chi connectivity index (χ0) is 11.4. The molecule has 2 aromatic heterocycles. The highest BCUT2D eigenvalue weighted by Crippen LogP contribution is 2.09. The van der Waals surface area contributed by atoms with Gasteiger partial charge in [0.15, 0.2) is 0 Å². The lowest BCUT2D eigenvalue weighted by atomic mass is 10.2. The van der Waals surface area contributed by atoms with Crippen LogP contribution in [0.2, 0.25) is 0 Å². The van der Waals surface area contributed by atoms with E-state index in [0.29, 0.717) is 18.1 Å². The Kier molecular flexibility index (Phi) is 2.90. The van der Waals surface area contributed by atoms with Crippen LogP contribution in [0.4, 0.5) is 5.95 Å². The predicted octanol–water partition coefficient (Wildman–Crippen LogP) is 0.448. The quantitative estimate of drug-likeness (QED) is 0.803. The third-order valence-corrected chi connectivity index (χ3v) is 2.01. The number of pyridine rings is 1. The van der Waals surface area contributed by atoms with Crippen LogP contribution in [0.15, 0.2) is 24.7 Å². The van der Waals surface area contributed by atoms with Crippen molar-refractivity contribution in [1.29, 1.82) is 0 Å². The number of nitrogen functional groups attached to an aromatic ring is 1. The summed E-state index contributed by atoms with van der Waals surface area (Å²) in [6, 6.07) is 3.70. The first-order chi connectivity index (χ1) is 7.78. The van der Waals surface area contributed by atoms with Crippen molar-refractivity contribution in [3.05, 3.63) is 36.0 Å². The zero-order valence-electron chi connectivity index (χ0n) is 8.79. The van der Waals surface area contributed by atoms with Gasteiger partial charge in [-0.05, 0) is 5.56 Å². The van der Waals surface area contributed by atoms with Crippen LogP contribution in [0.3, 0.4) is 0 Å². The van der Waals surface area contributed by atoms with Crippen molar-refractivity contribution in [3.8, 4) is 5.88 Å². The van der Waals surface area contributed by atoms with Crippen LogP contribution < -0.4 is 10.5 Å². The largest absolute Gasteiger partial charge is 0.481 e. The number of hydrogen-bond donors (Lipinski definition) is 1. The van der Waals surface area contributed by atoms with Gasteiger partial charge in [0.2, 0.25) is 11.8 Å². The Hall–Kier alpha value is -2.24. The summed E-state index contributed by atoms with van der Waals surface area (Å²) in [5.41, 5.74) is 6.45. The van der Waals surface area contributed by atoms with Gasteiger partial charge in [-0.15, -0.1) is 0 Å². The Labute approximate surface area is 92.6 Å². The lowest BCUT2D eigenvalue weighted by molar-refractivity contribution is 0.397. The molecule has 0 bridgehead atoms. The molecule has 0 spiro atoms. The molecule has 6 nitrogen and oxygen atoms in total. The first-order valence-electron chi connectivity index (χ1n) is 4.70. The fraction of sp³-hybridized carbons (Fsp3) is 0.200. The van der Waals surface area contributed by atoms with Crippen LogP contribution in [0.25, 0.3) is 0 Å². The van der Waals surface area contributed by atoms with Crippen molar-refractivity contribution in [2.45, 2.75) is 6.42 Å². The van der Waals surface area contributed by atoms with Crippen molar-refractivity contribution in [2.75, 3.05) is 12.8 Å². The molecule has 0 fully saturated rings. The molecule has 0 aliphatic heterocycles. The molecule has 0 saturated carbocycles. The Morgan fingerprint density at radius 3 is 2.75 bits per heavy atom. The number of ether oxygens (including phenoxy) is 1. The van der Waals surface area contributed by atoms with Gasteiger partial charge in [-0.1, -0.05) is 6.07 Å². The molecule has 0 aliphatic rings. The van der Waals surface area contributed by atoms with E-state index in [9.17, 15) is 0 Å². The first-order valence-corrected chi connectivity index (χ1v) is 4.70. The van der Waals surface area contributed by atoms with Gasteiger partial charge < -0.3 is 10.5 Å². The molecular formula is C10H11N5O. The lowest BCUT2D eigenvalue weighted by Gasteiger charge is -2.01. The van der Waals surface area contributed by atoms with Crippen molar-refractivity contribution in [3.63, 3.8) is 0 Å². The number of nitrogens with two attached hydrogens (primary N) is 1. The number of nitrogens with zero attached hydrogens (tertiary/aromatic N) is 4. The summed E-state index contributed by atoms with van der Waals surface area (Å²) < 4.78 is 4.97. The van der Waals surface area contributed by atoms with Gasteiger partial charge in [0.05, 0.1) is 7.11 Å². The Morgan fingerprint density at radius 2 is 2.12 bits per heavy atom. The Bertz CT molecular complexity index is 471. The number of aromatic nitrogens is 4. The number of rotatable bonds is 3. The summed E-state index contributed by atoms with van der Waals surface area (Å²) in [5.74, 6) is 1.44. The van der Waals surface area contributed by atoms with E-state index in [2.05, 4.69) is 19.9 Å². The third kappa shape index (κ3) is 2.41. The van der Waals surface area contributed by atoms with Crippen LogP contribution in [-0.2, 0) is 6.42 Å². The van der Waals surface area contributed by atoms with E-state index in [0.717, 1.165) is 5.56 Å². The van der Waals surface area contributed by atoms with Crippen LogP contribution in [0, 0.1) is 0 Å². The van der Waals surface area contributed by atoms with E-state index >= 15 is 0 Å². The van der Waals surface area contributed by atoms with E-state index in [1.165, 1.54) is 6.33 Å². The summed E-state index contributed by atoms with van der Waals surface area (Å²) in [6.45, 7) is 0. The monoisotopic (exact) mass is 217 g/mol. The van der Waals surface area contributed by atoms with Crippen molar-refractivity contribution >= 4 is 5.95 Å². The molecule has 0 amide bonds. The minimum absolute atomic E-state index is 0.228. The molecule has 2 N–H and O–H groups in total. The van der Waals surface area contributed by atoms with Crippen LogP contribution in [0.5, 0.6) is 5.88 Å². The zero-order valence-corrected chi connectivity index (χ0v) is 8.79. The maximum Gasteiger partial charge on any atom is 0.223 e. The van der Waals surface area contributed by atoms with Gasteiger partial charge in [0, 0.05) is 18.7 Å². The molecular weight excluding hydrogens is 206 g/mol. The third-order valence-electron chi connectivity index (χ3n) is 2.01. The summed E-state index contributed by atoms with van der Waals surface area (Å²) >= 11 is 0. The second-order valence-corrected chi connectivity index (χ2v) is 3.15. The van der Waals surface area contributed by atoms with Gasteiger partial charge in [-0.25, -0.2) is 15.0 Å². The van der Waals surface area contributed by atoms with Crippen LogP contribution in [-0.4, -0.2) is 27.0 Å². The van der Waals surface area contributed by atoms with Gasteiger partial charge in [0.25, 0.3) is 0 Å². The minimum Gasteiger partial charge on any atom is -0.481 e. The maximum absolute atomic E-state index is 5.46. The van der Waals surface area contributed by atoms with E-state index in [-0.39, 0.29) is 5.95 Å². The highest BCUT2D eigenvalue weighted by Gasteiger charge is 2.01. The summed E-state index contributed by atoms with van der Waals surface area (Å²) in [5, 5.41) is 0. The second kappa shape index (κ2) is 4.52. The number of methoxy groups -OCH3 is 1. The number of anilines is 1. The SMILES string of the molecule is COc1ccc(Cc2ncnc(N)n2)cn1. The number of hydrogen-bond acceptors (Lipinski definition) is 6. The van der Waals surface area contributed by atoms with Gasteiger partial charge in [-0.2, -0.15) is 4.98 Å². The first kappa shape index (κ1) is 10.3. The minimum atomic E-state index is 0.228. The highest BCUT2D eigenvalue weighted by molar-refractivity contribution is 5.22. The van der Waals surface area contributed by atoms with E-state index < -0.39 is 0 Å². The Morgan fingerprint density at radius 1 is 1.25 bits per heavy atom. The average Bonchev–Trinajstić information content (AvgIpc) is 2.30. The molecule has 82 valence electrons. The predicted molar refractivity (Wildman–Crippen MR) is 57.8 cm³/mol. The highest BCUT2D eigenvalue weighted by atomic mass is 16.5. The smallest absolute Gasteiger partial charge is 0.223 e. The molecule has 0 aliphatic carbocycles. The van der Waals surface area contributed by atoms with Gasteiger partial charge in [-0.3, -0.25) is 0 Å². The van der Waals surface area contributed by atoms with Crippen molar-refractivity contribution < 1.29 is 4.74 Å². The second-order valence-electron chi connectivity index (χ2n) is 3.15. The fourth-order valence-electron chi connectivity index (χ4n) is 1.25.